The normalized spacial score (nSPS) is 12.2. The second-order valence-electron chi connectivity index (χ2n) is 9.11. The highest BCUT2D eigenvalue weighted by Gasteiger charge is 2.43. The van der Waals surface area contributed by atoms with Gasteiger partial charge in [-0.3, -0.25) is 9.59 Å². The third kappa shape index (κ3) is 9.97. The highest BCUT2D eigenvalue weighted by Crippen LogP contribution is 2.28. The van der Waals surface area contributed by atoms with Crippen LogP contribution >= 0.6 is 0 Å². The van der Waals surface area contributed by atoms with E-state index in [9.17, 15) is 14.4 Å². The van der Waals surface area contributed by atoms with Crippen molar-refractivity contribution < 1.29 is 23.9 Å². The minimum atomic E-state index is -1.17. The molecule has 1 atom stereocenters. The predicted molar refractivity (Wildman–Crippen MR) is 132 cm³/mol. The van der Waals surface area contributed by atoms with Crippen molar-refractivity contribution in [2.75, 3.05) is 13.7 Å². The molecule has 0 saturated carbocycles. The van der Waals surface area contributed by atoms with Gasteiger partial charge in [-0.15, -0.1) is 0 Å². The van der Waals surface area contributed by atoms with E-state index in [-0.39, 0.29) is 18.3 Å². The molecule has 33 heavy (non-hydrogen) atoms. The molecule has 1 aromatic rings. The number of ether oxygens (including phenoxy) is 2. The van der Waals surface area contributed by atoms with Crippen molar-refractivity contribution in [3.05, 3.63) is 29.8 Å². The second kappa shape index (κ2) is 15.5. The van der Waals surface area contributed by atoms with Gasteiger partial charge in [0.05, 0.1) is 19.1 Å². The Balaban J connectivity index is 2.66. The quantitative estimate of drug-likeness (QED) is 0.178. The molecule has 0 aliphatic rings. The Morgan fingerprint density at radius 3 is 1.94 bits per heavy atom. The average Bonchev–Trinajstić information content (AvgIpc) is 2.81. The highest BCUT2D eigenvalue weighted by atomic mass is 16.5. The van der Waals surface area contributed by atoms with Crippen LogP contribution in [0.25, 0.3) is 0 Å². The number of carbonyl (C=O) groups is 3. The van der Waals surface area contributed by atoms with Crippen LogP contribution in [0.15, 0.2) is 24.3 Å². The number of hydrogen-bond acceptors (Lipinski definition) is 5. The summed E-state index contributed by atoms with van der Waals surface area (Å²) in [6.07, 6.45) is 10.8. The van der Waals surface area contributed by atoms with Crippen molar-refractivity contribution >= 4 is 17.7 Å². The number of nitrogens with one attached hydrogen (secondary N) is 1. The van der Waals surface area contributed by atoms with Crippen LogP contribution in [0.4, 0.5) is 0 Å². The van der Waals surface area contributed by atoms with Gasteiger partial charge in [-0.25, -0.2) is 4.79 Å². The number of carbonyl (C=O) groups excluding carboxylic acids is 3. The molecule has 0 heterocycles. The Morgan fingerprint density at radius 1 is 0.879 bits per heavy atom. The Labute approximate surface area is 199 Å². The second-order valence-corrected chi connectivity index (χ2v) is 9.11. The summed E-state index contributed by atoms with van der Waals surface area (Å²) in [7, 11) is 1.56. The van der Waals surface area contributed by atoms with E-state index in [1.807, 2.05) is 0 Å². The molecule has 6 nitrogen and oxygen atoms in total. The zero-order valence-corrected chi connectivity index (χ0v) is 21.2. The van der Waals surface area contributed by atoms with Gasteiger partial charge in [-0.05, 0) is 51.5 Å². The lowest BCUT2D eigenvalue weighted by molar-refractivity contribution is -0.150. The van der Waals surface area contributed by atoms with Crippen molar-refractivity contribution in [1.82, 2.24) is 5.32 Å². The van der Waals surface area contributed by atoms with Gasteiger partial charge in [0, 0.05) is 12.0 Å². The summed E-state index contributed by atoms with van der Waals surface area (Å²) in [5.41, 5.74) is -0.724. The van der Waals surface area contributed by atoms with Crippen molar-refractivity contribution in [3.63, 3.8) is 0 Å². The summed E-state index contributed by atoms with van der Waals surface area (Å²) in [6.45, 7) is 7.43. The number of unbranched alkanes of at least 4 members (excludes halogenated alkanes) is 8. The maximum atomic E-state index is 13.2. The van der Waals surface area contributed by atoms with E-state index >= 15 is 0 Å². The lowest BCUT2D eigenvalue weighted by Crippen LogP contribution is -2.54. The van der Waals surface area contributed by atoms with E-state index in [1.54, 1.807) is 52.1 Å². The summed E-state index contributed by atoms with van der Waals surface area (Å²) >= 11 is 0. The average molecular weight is 462 g/mol. The van der Waals surface area contributed by atoms with Crippen molar-refractivity contribution in [3.8, 4) is 5.75 Å². The maximum absolute atomic E-state index is 13.2. The Hall–Kier alpha value is -2.37. The monoisotopic (exact) mass is 461 g/mol. The molecule has 0 fully saturated rings. The zero-order chi connectivity index (χ0) is 24.7. The number of amides is 1. The molecule has 0 aliphatic carbocycles. The van der Waals surface area contributed by atoms with E-state index in [0.29, 0.717) is 17.7 Å². The smallest absolute Gasteiger partial charge is 0.329 e. The maximum Gasteiger partial charge on any atom is 0.329 e. The lowest BCUT2D eigenvalue weighted by Gasteiger charge is -2.32. The van der Waals surface area contributed by atoms with Crippen LogP contribution in [-0.2, 0) is 14.3 Å². The number of rotatable bonds is 17. The summed E-state index contributed by atoms with van der Waals surface area (Å²) in [5, 5.41) is 2.78. The number of hydrogen-bond donors (Lipinski definition) is 1. The molecule has 0 saturated heterocycles. The number of ketones is 1. The molecular weight excluding hydrogens is 418 g/mol. The zero-order valence-electron chi connectivity index (χ0n) is 21.2. The molecule has 6 heteroatoms. The standard InChI is InChI=1S/C27H43NO5/c1-6-8-9-10-11-12-13-14-15-16-23(29)28-24(26(31)33-7-2)27(3,4)25(30)21-17-19-22(32-5)20-18-21/h17-20,24H,6-16H2,1-5H3,(H,28,29)/t24-/m0/s1. The van der Waals surface area contributed by atoms with Gasteiger partial charge >= 0.3 is 5.97 Å². The van der Waals surface area contributed by atoms with Crippen LogP contribution in [0, 0.1) is 5.41 Å². The van der Waals surface area contributed by atoms with Crippen molar-refractivity contribution in [2.24, 2.45) is 5.41 Å². The predicted octanol–water partition coefficient (Wildman–Crippen LogP) is 5.87. The van der Waals surface area contributed by atoms with Crippen molar-refractivity contribution in [1.29, 1.82) is 0 Å². The number of Topliss-reactive ketones (excluding diaryl/α,β-unsaturated/α-hetero) is 1. The Kier molecular flexibility index (Phi) is 13.4. The van der Waals surface area contributed by atoms with Gasteiger partial charge in [-0.1, -0.05) is 58.3 Å². The molecule has 1 amide bonds. The van der Waals surface area contributed by atoms with Crippen LogP contribution in [0.3, 0.4) is 0 Å². The fourth-order valence-corrected chi connectivity index (χ4v) is 3.83. The van der Waals surface area contributed by atoms with Crippen LogP contribution in [0.5, 0.6) is 5.75 Å². The largest absolute Gasteiger partial charge is 0.497 e. The first-order chi connectivity index (χ1) is 15.8. The molecule has 1 rings (SSSR count). The highest BCUT2D eigenvalue weighted by molar-refractivity contribution is 6.04. The Morgan fingerprint density at radius 2 is 1.42 bits per heavy atom. The van der Waals surface area contributed by atoms with Crippen LogP contribution in [0.1, 0.15) is 102 Å². The van der Waals surface area contributed by atoms with Gasteiger partial charge in [0.1, 0.15) is 11.8 Å². The first-order valence-corrected chi connectivity index (χ1v) is 12.4. The van der Waals surface area contributed by atoms with Gasteiger partial charge < -0.3 is 14.8 Å². The van der Waals surface area contributed by atoms with Gasteiger partial charge in [0.15, 0.2) is 5.78 Å². The molecule has 0 aromatic heterocycles. The van der Waals surface area contributed by atoms with Crippen molar-refractivity contribution in [2.45, 2.75) is 97.9 Å². The van der Waals surface area contributed by atoms with E-state index < -0.39 is 17.4 Å². The van der Waals surface area contributed by atoms with Crippen LogP contribution < -0.4 is 10.1 Å². The summed E-state index contributed by atoms with van der Waals surface area (Å²) in [4.78, 5) is 38.5. The minimum Gasteiger partial charge on any atom is -0.497 e. The molecular formula is C27H43NO5. The first-order valence-electron chi connectivity index (χ1n) is 12.4. The number of methoxy groups -OCH3 is 1. The molecule has 0 radical (unpaired) electrons. The summed E-state index contributed by atoms with van der Waals surface area (Å²) in [5.74, 6) is -0.427. The van der Waals surface area contributed by atoms with E-state index in [2.05, 4.69) is 12.2 Å². The fraction of sp³-hybridized carbons (Fsp3) is 0.667. The molecule has 186 valence electrons. The van der Waals surface area contributed by atoms with Gasteiger partial charge in [-0.2, -0.15) is 0 Å². The molecule has 0 unspecified atom stereocenters. The van der Waals surface area contributed by atoms with Gasteiger partial charge in [0.25, 0.3) is 0 Å². The van der Waals surface area contributed by atoms with Crippen LogP contribution in [-0.4, -0.2) is 37.4 Å². The third-order valence-electron chi connectivity index (χ3n) is 5.99. The molecule has 1 N–H and O–H groups in total. The Bertz CT molecular complexity index is 727. The lowest BCUT2D eigenvalue weighted by atomic mass is 9.77. The summed E-state index contributed by atoms with van der Waals surface area (Å²) in [6, 6.07) is 5.67. The third-order valence-corrected chi connectivity index (χ3v) is 5.99. The topological polar surface area (TPSA) is 81.7 Å². The SMILES string of the molecule is CCCCCCCCCCCC(=O)N[C@@H](C(=O)OCC)C(C)(C)C(=O)c1ccc(OC)cc1. The fourth-order valence-electron chi connectivity index (χ4n) is 3.83. The van der Waals surface area contributed by atoms with Gasteiger partial charge in [0.2, 0.25) is 5.91 Å². The molecule has 0 spiro atoms. The van der Waals surface area contributed by atoms with E-state index in [0.717, 1.165) is 19.3 Å². The number of benzene rings is 1. The van der Waals surface area contributed by atoms with E-state index in [4.69, 9.17) is 9.47 Å². The molecule has 0 bridgehead atoms. The minimum absolute atomic E-state index is 0.177. The summed E-state index contributed by atoms with van der Waals surface area (Å²) < 4.78 is 10.3. The molecule has 1 aromatic carbocycles. The number of esters is 1. The molecule has 0 aliphatic heterocycles. The first kappa shape index (κ1) is 28.7. The van der Waals surface area contributed by atoms with Crippen LogP contribution in [0.2, 0.25) is 0 Å². The van der Waals surface area contributed by atoms with E-state index in [1.165, 1.54) is 38.5 Å².